The Morgan fingerprint density at radius 2 is 1.80 bits per heavy atom. The standard InChI is InChI=1S/C13H18N2/c1-8(2)15-11(5)14-13-10(4)6-9(3)7-12(13)15/h6-8H,1-5H3. The van der Waals surface area contributed by atoms with Crippen LogP contribution in [0.3, 0.4) is 0 Å². The van der Waals surface area contributed by atoms with Crippen molar-refractivity contribution < 1.29 is 0 Å². The van der Waals surface area contributed by atoms with Gasteiger partial charge in [0.15, 0.2) is 0 Å². The molecule has 2 rings (SSSR count). The minimum Gasteiger partial charge on any atom is -0.326 e. The largest absolute Gasteiger partial charge is 0.326 e. The van der Waals surface area contributed by atoms with Crippen LogP contribution >= 0.6 is 0 Å². The summed E-state index contributed by atoms with van der Waals surface area (Å²) in [4.78, 5) is 4.64. The van der Waals surface area contributed by atoms with Crippen LogP contribution in [-0.2, 0) is 0 Å². The molecule has 2 heteroatoms. The second-order valence-corrected chi connectivity index (χ2v) is 4.57. The average molecular weight is 202 g/mol. The highest BCUT2D eigenvalue weighted by molar-refractivity contribution is 5.80. The van der Waals surface area contributed by atoms with Gasteiger partial charge in [0.25, 0.3) is 0 Å². The minimum absolute atomic E-state index is 0.469. The van der Waals surface area contributed by atoms with Crippen LogP contribution in [0.4, 0.5) is 0 Å². The Morgan fingerprint density at radius 3 is 2.40 bits per heavy atom. The van der Waals surface area contributed by atoms with E-state index in [1.54, 1.807) is 0 Å². The Bertz CT molecular complexity index is 507. The number of fused-ring (bicyclic) bond motifs is 1. The molecular formula is C13H18N2. The molecule has 0 aliphatic carbocycles. The first kappa shape index (κ1) is 10.2. The molecule has 1 aromatic carbocycles. The topological polar surface area (TPSA) is 17.8 Å². The van der Waals surface area contributed by atoms with Gasteiger partial charge in [0, 0.05) is 6.04 Å². The highest BCUT2D eigenvalue weighted by Gasteiger charge is 2.11. The van der Waals surface area contributed by atoms with Gasteiger partial charge in [-0.3, -0.25) is 0 Å². The molecule has 0 saturated heterocycles. The van der Waals surface area contributed by atoms with Gasteiger partial charge in [-0.2, -0.15) is 0 Å². The van der Waals surface area contributed by atoms with Crippen molar-refractivity contribution in [3.8, 4) is 0 Å². The monoisotopic (exact) mass is 202 g/mol. The molecule has 0 radical (unpaired) electrons. The van der Waals surface area contributed by atoms with Crippen LogP contribution in [0.5, 0.6) is 0 Å². The SMILES string of the molecule is Cc1cc(C)c2nc(C)n(C(C)C)c2c1. The maximum absolute atomic E-state index is 4.64. The van der Waals surface area contributed by atoms with Gasteiger partial charge < -0.3 is 4.57 Å². The molecule has 2 aromatic rings. The van der Waals surface area contributed by atoms with Gasteiger partial charge in [-0.15, -0.1) is 0 Å². The first-order chi connectivity index (χ1) is 7.00. The maximum Gasteiger partial charge on any atom is 0.106 e. The van der Waals surface area contributed by atoms with Crippen molar-refractivity contribution in [3.05, 3.63) is 29.1 Å². The summed E-state index contributed by atoms with van der Waals surface area (Å²) in [5.41, 5.74) is 4.99. The summed E-state index contributed by atoms with van der Waals surface area (Å²) in [7, 11) is 0. The summed E-state index contributed by atoms with van der Waals surface area (Å²) in [5.74, 6) is 1.11. The molecule has 0 unspecified atom stereocenters. The number of aryl methyl sites for hydroxylation is 3. The molecular weight excluding hydrogens is 184 g/mol. The number of hydrogen-bond acceptors (Lipinski definition) is 1. The molecule has 0 saturated carbocycles. The Morgan fingerprint density at radius 1 is 1.13 bits per heavy atom. The highest BCUT2D eigenvalue weighted by atomic mass is 15.1. The van der Waals surface area contributed by atoms with Crippen molar-refractivity contribution in [1.82, 2.24) is 9.55 Å². The maximum atomic E-state index is 4.64. The van der Waals surface area contributed by atoms with E-state index < -0.39 is 0 Å². The van der Waals surface area contributed by atoms with Crippen molar-refractivity contribution in [2.45, 2.75) is 40.7 Å². The van der Waals surface area contributed by atoms with Gasteiger partial charge in [0.1, 0.15) is 5.82 Å². The van der Waals surface area contributed by atoms with E-state index in [1.165, 1.54) is 16.6 Å². The van der Waals surface area contributed by atoms with Crippen LogP contribution in [0.15, 0.2) is 12.1 Å². The predicted octanol–water partition coefficient (Wildman–Crippen LogP) is 3.54. The second-order valence-electron chi connectivity index (χ2n) is 4.57. The van der Waals surface area contributed by atoms with Gasteiger partial charge in [-0.05, 0) is 51.8 Å². The molecule has 0 amide bonds. The lowest BCUT2D eigenvalue weighted by atomic mass is 10.1. The van der Waals surface area contributed by atoms with Crippen LogP contribution in [0.1, 0.15) is 36.8 Å². The molecule has 0 atom stereocenters. The smallest absolute Gasteiger partial charge is 0.106 e. The van der Waals surface area contributed by atoms with Crippen LogP contribution in [0, 0.1) is 20.8 Å². The van der Waals surface area contributed by atoms with Crippen LogP contribution in [-0.4, -0.2) is 9.55 Å². The fraction of sp³-hybridized carbons (Fsp3) is 0.462. The summed E-state index contributed by atoms with van der Waals surface area (Å²) in [6.45, 7) is 10.7. The van der Waals surface area contributed by atoms with Gasteiger partial charge >= 0.3 is 0 Å². The van der Waals surface area contributed by atoms with Gasteiger partial charge in [0.2, 0.25) is 0 Å². The summed E-state index contributed by atoms with van der Waals surface area (Å²) in [5, 5.41) is 0. The first-order valence-electron chi connectivity index (χ1n) is 5.46. The van der Waals surface area contributed by atoms with Gasteiger partial charge in [0.05, 0.1) is 11.0 Å². The lowest BCUT2D eigenvalue weighted by molar-refractivity contribution is 0.600. The fourth-order valence-electron chi connectivity index (χ4n) is 2.31. The lowest BCUT2D eigenvalue weighted by Crippen LogP contribution is -2.02. The molecule has 0 bridgehead atoms. The highest BCUT2D eigenvalue weighted by Crippen LogP contribution is 2.24. The second kappa shape index (κ2) is 3.37. The van der Waals surface area contributed by atoms with Crippen LogP contribution in [0.2, 0.25) is 0 Å². The van der Waals surface area contributed by atoms with E-state index in [1.807, 2.05) is 0 Å². The van der Waals surface area contributed by atoms with Gasteiger partial charge in [-0.1, -0.05) is 6.07 Å². The Balaban J connectivity index is 2.86. The fourth-order valence-corrected chi connectivity index (χ4v) is 2.31. The predicted molar refractivity (Wildman–Crippen MR) is 64.3 cm³/mol. The summed E-state index contributed by atoms with van der Waals surface area (Å²) < 4.78 is 2.30. The number of benzene rings is 1. The average Bonchev–Trinajstić information content (AvgIpc) is 2.41. The number of imidazole rings is 1. The molecule has 0 fully saturated rings. The summed E-state index contributed by atoms with van der Waals surface area (Å²) >= 11 is 0. The number of hydrogen-bond donors (Lipinski definition) is 0. The van der Waals surface area contributed by atoms with E-state index >= 15 is 0 Å². The van der Waals surface area contributed by atoms with Crippen LogP contribution in [0.25, 0.3) is 11.0 Å². The van der Waals surface area contributed by atoms with Crippen molar-refractivity contribution in [3.63, 3.8) is 0 Å². The zero-order valence-corrected chi connectivity index (χ0v) is 10.1. The molecule has 0 N–H and O–H groups in total. The number of nitrogens with zero attached hydrogens (tertiary/aromatic N) is 2. The molecule has 2 nitrogen and oxygen atoms in total. The zero-order valence-electron chi connectivity index (χ0n) is 10.1. The van der Waals surface area contributed by atoms with Crippen molar-refractivity contribution in [1.29, 1.82) is 0 Å². The third-order valence-corrected chi connectivity index (χ3v) is 2.82. The summed E-state index contributed by atoms with van der Waals surface area (Å²) in [6.07, 6.45) is 0. The normalized spacial score (nSPS) is 11.6. The molecule has 80 valence electrons. The van der Waals surface area contributed by atoms with Crippen molar-refractivity contribution >= 4 is 11.0 Å². The van der Waals surface area contributed by atoms with Crippen LogP contribution < -0.4 is 0 Å². The first-order valence-corrected chi connectivity index (χ1v) is 5.46. The Labute approximate surface area is 90.9 Å². The minimum atomic E-state index is 0.469. The molecule has 1 heterocycles. The van der Waals surface area contributed by atoms with Crippen molar-refractivity contribution in [2.75, 3.05) is 0 Å². The van der Waals surface area contributed by atoms with Crippen molar-refractivity contribution in [2.24, 2.45) is 0 Å². The molecule has 0 aliphatic heterocycles. The van der Waals surface area contributed by atoms with E-state index in [2.05, 4.69) is 56.3 Å². The lowest BCUT2D eigenvalue weighted by Gasteiger charge is -2.11. The Hall–Kier alpha value is -1.31. The molecule has 15 heavy (non-hydrogen) atoms. The molecule has 0 aliphatic rings. The van der Waals surface area contributed by atoms with E-state index in [4.69, 9.17) is 0 Å². The third-order valence-electron chi connectivity index (χ3n) is 2.82. The van der Waals surface area contributed by atoms with E-state index in [0.717, 1.165) is 11.3 Å². The van der Waals surface area contributed by atoms with E-state index in [9.17, 15) is 0 Å². The molecule has 0 spiro atoms. The zero-order chi connectivity index (χ0) is 11.2. The molecule has 1 aromatic heterocycles. The third kappa shape index (κ3) is 1.54. The number of rotatable bonds is 1. The number of aromatic nitrogens is 2. The summed E-state index contributed by atoms with van der Waals surface area (Å²) in [6, 6.07) is 4.89. The quantitative estimate of drug-likeness (QED) is 0.691. The van der Waals surface area contributed by atoms with E-state index in [0.29, 0.717) is 6.04 Å². The van der Waals surface area contributed by atoms with Gasteiger partial charge in [-0.25, -0.2) is 4.98 Å². The van der Waals surface area contributed by atoms with E-state index in [-0.39, 0.29) is 0 Å². The Kier molecular flexibility index (Phi) is 2.29.